The first-order valence-corrected chi connectivity index (χ1v) is 11.3. The van der Waals surface area contributed by atoms with Gasteiger partial charge in [0.2, 0.25) is 5.95 Å². The Morgan fingerprint density at radius 1 is 1.09 bits per heavy atom. The maximum absolute atomic E-state index is 14.7. The zero-order chi connectivity index (χ0) is 22.2. The summed E-state index contributed by atoms with van der Waals surface area (Å²) in [7, 11) is 0. The topological polar surface area (TPSA) is 84.3 Å². The van der Waals surface area contributed by atoms with Crippen LogP contribution in [0.3, 0.4) is 0 Å². The average molecular weight is 456 g/mol. The Labute approximate surface area is 191 Å². The predicted molar refractivity (Wildman–Crippen MR) is 129 cm³/mol. The van der Waals surface area contributed by atoms with E-state index in [4.69, 9.17) is 0 Å². The average Bonchev–Trinajstić information content (AvgIpc) is 3.60. The zero-order valence-corrected chi connectivity index (χ0v) is 18.2. The van der Waals surface area contributed by atoms with E-state index in [-0.39, 0.29) is 0 Å². The van der Waals surface area contributed by atoms with Crippen LogP contribution in [-0.2, 0) is 6.54 Å². The van der Waals surface area contributed by atoms with Crippen molar-refractivity contribution in [1.82, 2.24) is 29.9 Å². The summed E-state index contributed by atoms with van der Waals surface area (Å²) in [6.45, 7) is 1.15. The Balaban J connectivity index is 1.36. The monoisotopic (exact) mass is 455 g/mol. The van der Waals surface area contributed by atoms with E-state index in [0.29, 0.717) is 24.7 Å². The molecule has 0 saturated carbocycles. The summed E-state index contributed by atoms with van der Waals surface area (Å²) >= 11 is 1.54. The van der Waals surface area contributed by atoms with E-state index >= 15 is 0 Å². The molecule has 162 valence electrons. The van der Waals surface area contributed by atoms with Gasteiger partial charge in [-0.05, 0) is 29.1 Å². The molecule has 0 aliphatic rings. The van der Waals surface area contributed by atoms with Crippen LogP contribution in [0.2, 0.25) is 0 Å². The number of aromatic amines is 1. The van der Waals surface area contributed by atoms with Gasteiger partial charge >= 0.3 is 0 Å². The minimum Gasteiger partial charge on any atom is -0.361 e. The lowest BCUT2D eigenvalue weighted by Crippen LogP contribution is -2.13. The maximum atomic E-state index is 14.7. The van der Waals surface area contributed by atoms with Gasteiger partial charge in [-0.1, -0.05) is 35.5 Å². The van der Waals surface area contributed by atoms with Crippen molar-refractivity contribution in [2.75, 3.05) is 11.9 Å². The number of anilines is 1. The number of fused-ring (bicyclic) bond motifs is 2. The van der Waals surface area contributed by atoms with Crippen molar-refractivity contribution in [3.8, 4) is 21.7 Å². The Bertz CT molecular complexity index is 1570. The molecular formula is C24H18FN7S. The van der Waals surface area contributed by atoms with Gasteiger partial charge in [0.1, 0.15) is 5.69 Å². The lowest BCUT2D eigenvalue weighted by atomic mass is 10.0. The highest BCUT2D eigenvalue weighted by molar-refractivity contribution is 7.22. The highest BCUT2D eigenvalue weighted by atomic mass is 32.1. The molecular weight excluding hydrogens is 437 g/mol. The van der Waals surface area contributed by atoms with E-state index in [0.717, 1.165) is 37.0 Å². The Hall–Kier alpha value is -4.11. The molecule has 2 aromatic carbocycles. The predicted octanol–water partition coefficient (Wildman–Crippen LogP) is 5.35. The van der Waals surface area contributed by atoms with Gasteiger partial charge in [0.05, 0.1) is 23.8 Å². The van der Waals surface area contributed by atoms with Crippen molar-refractivity contribution in [2.24, 2.45) is 0 Å². The summed E-state index contributed by atoms with van der Waals surface area (Å²) < 4.78 is 17.5. The fraction of sp³-hybridized carbons (Fsp3) is 0.0833. The molecule has 4 heterocycles. The molecule has 0 radical (unpaired) electrons. The number of thiophene rings is 1. The van der Waals surface area contributed by atoms with Crippen LogP contribution in [0.25, 0.3) is 42.7 Å². The van der Waals surface area contributed by atoms with Gasteiger partial charge in [-0.2, -0.15) is 0 Å². The van der Waals surface area contributed by atoms with Gasteiger partial charge in [-0.3, -0.25) is 4.68 Å². The van der Waals surface area contributed by atoms with Crippen LogP contribution in [0.1, 0.15) is 0 Å². The summed E-state index contributed by atoms with van der Waals surface area (Å²) in [4.78, 5) is 12.6. The standard InChI is InChI=1S/C24H18FN7S/c25-19-14-28-24(27-9-11-32-12-10-29-31-32)30-22(19)21-13-15-3-1-5-18(23(15)33-21)16-4-2-6-20-17(16)7-8-26-20/h1-8,10,12-14,26H,9,11H2,(H,27,28,30). The lowest BCUT2D eigenvalue weighted by molar-refractivity contribution is 0.604. The molecule has 9 heteroatoms. The molecule has 0 aliphatic carbocycles. The number of halogens is 1. The summed E-state index contributed by atoms with van der Waals surface area (Å²) in [5.74, 6) is -0.0704. The van der Waals surface area contributed by atoms with Gasteiger partial charge < -0.3 is 10.3 Å². The first kappa shape index (κ1) is 19.6. The fourth-order valence-corrected chi connectivity index (χ4v) is 5.15. The molecule has 0 atom stereocenters. The van der Waals surface area contributed by atoms with Gasteiger partial charge in [0.25, 0.3) is 0 Å². The van der Waals surface area contributed by atoms with E-state index in [1.807, 2.05) is 30.5 Å². The molecule has 6 rings (SSSR count). The number of hydrogen-bond donors (Lipinski definition) is 2. The number of nitrogens with one attached hydrogen (secondary N) is 2. The van der Waals surface area contributed by atoms with Gasteiger partial charge in [0, 0.05) is 40.1 Å². The maximum Gasteiger partial charge on any atom is 0.223 e. The van der Waals surface area contributed by atoms with E-state index < -0.39 is 5.82 Å². The Kier molecular flexibility index (Phi) is 4.80. The van der Waals surface area contributed by atoms with Crippen LogP contribution < -0.4 is 5.32 Å². The van der Waals surface area contributed by atoms with Crippen molar-refractivity contribution in [1.29, 1.82) is 0 Å². The largest absolute Gasteiger partial charge is 0.361 e. The smallest absolute Gasteiger partial charge is 0.223 e. The zero-order valence-electron chi connectivity index (χ0n) is 17.4. The summed E-state index contributed by atoms with van der Waals surface area (Å²) in [6.07, 6.45) is 6.56. The normalized spacial score (nSPS) is 11.4. The second kappa shape index (κ2) is 8.10. The van der Waals surface area contributed by atoms with Gasteiger partial charge in [0.15, 0.2) is 5.82 Å². The third kappa shape index (κ3) is 3.62. The van der Waals surface area contributed by atoms with E-state index in [1.165, 1.54) is 17.5 Å². The summed E-state index contributed by atoms with van der Waals surface area (Å²) in [5, 5.41) is 13.1. The van der Waals surface area contributed by atoms with Gasteiger partial charge in [-0.15, -0.1) is 16.4 Å². The summed E-state index contributed by atoms with van der Waals surface area (Å²) in [5.41, 5.74) is 3.64. The van der Waals surface area contributed by atoms with Crippen molar-refractivity contribution >= 4 is 38.3 Å². The summed E-state index contributed by atoms with van der Waals surface area (Å²) in [6, 6.07) is 16.5. The highest BCUT2D eigenvalue weighted by Crippen LogP contribution is 2.41. The third-order valence-corrected chi connectivity index (χ3v) is 6.69. The van der Waals surface area contributed by atoms with Crippen molar-refractivity contribution in [2.45, 2.75) is 6.54 Å². The molecule has 0 saturated heterocycles. The van der Waals surface area contributed by atoms with Crippen LogP contribution in [0.5, 0.6) is 0 Å². The van der Waals surface area contributed by atoms with Crippen molar-refractivity contribution < 1.29 is 4.39 Å². The SMILES string of the molecule is Fc1cnc(NCCn2ccnn2)nc1-c1cc2cccc(-c3cccc4[nH]ccc34)c2s1. The molecule has 33 heavy (non-hydrogen) atoms. The van der Waals surface area contributed by atoms with Crippen molar-refractivity contribution in [3.05, 3.63) is 79.1 Å². The van der Waals surface area contributed by atoms with E-state index in [1.54, 1.807) is 17.1 Å². The molecule has 0 fully saturated rings. The molecule has 0 spiro atoms. The third-order valence-electron chi connectivity index (χ3n) is 5.50. The van der Waals surface area contributed by atoms with Crippen LogP contribution >= 0.6 is 11.3 Å². The molecule has 0 aliphatic heterocycles. The lowest BCUT2D eigenvalue weighted by Gasteiger charge is -2.06. The number of rotatable bonds is 6. The fourth-order valence-electron chi connectivity index (χ4n) is 3.97. The molecule has 0 amide bonds. The molecule has 4 aromatic heterocycles. The molecule has 6 aromatic rings. The first-order valence-electron chi connectivity index (χ1n) is 10.5. The molecule has 2 N–H and O–H groups in total. The van der Waals surface area contributed by atoms with Crippen LogP contribution in [0.15, 0.2) is 73.3 Å². The number of benzene rings is 2. The highest BCUT2D eigenvalue weighted by Gasteiger charge is 2.16. The number of aromatic nitrogens is 6. The Morgan fingerprint density at radius 3 is 2.91 bits per heavy atom. The van der Waals surface area contributed by atoms with E-state index in [2.05, 4.69) is 54.8 Å². The van der Waals surface area contributed by atoms with Crippen LogP contribution in [-0.4, -0.2) is 36.5 Å². The first-order chi connectivity index (χ1) is 16.3. The second-order valence-corrected chi connectivity index (χ2v) is 8.61. The Morgan fingerprint density at radius 2 is 2.00 bits per heavy atom. The number of nitrogens with zero attached hydrogens (tertiary/aromatic N) is 5. The quantitative estimate of drug-likeness (QED) is 0.354. The molecule has 7 nitrogen and oxygen atoms in total. The van der Waals surface area contributed by atoms with E-state index in [9.17, 15) is 4.39 Å². The minimum atomic E-state index is -0.447. The van der Waals surface area contributed by atoms with Crippen LogP contribution in [0.4, 0.5) is 10.3 Å². The number of hydrogen-bond acceptors (Lipinski definition) is 6. The van der Waals surface area contributed by atoms with Crippen LogP contribution in [0, 0.1) is 5.82 Å². The van der Waals surface area contributed by atoms with Gasteiger partial charge in [-0.25, -0.2) is 14.4 Å². The second-order valence-electron chi connectivity index (χ2n) is 7.56. The number of H-pyrrole nitrogens is 1. The van der Waals surface area contributed by atoms with Crippen molar-refractivity contribution in [3.63, 3.8) is 0 Å². The molecule has 0 bridgehead atoms. The minimum absolute atomic E-state index is 0.292. The molecule has 0 unspecified atom stereocenters.